The minimum atomic E-state index is -4.30. The molecule has 1 saturated heterocycles. The van der Waals surface area contributed by atoms with Gasteiger partial charge in [0.2, 0.25) is 0 Å². The Morgan fingerprint density at radius 2 is 1.94 bits per heavy atom. The molecule has 0 amide bonds. The van der Waals surface area contributed by atoms with Gasteiger partial charge in [-0.2, -0.15) is 13.2 Å². The summed E-state index contributed by atoms with van der Waals surface area (Å²) in [5, 5.41) is 6.25. The van der Waals surface area contributed by atoms with Crippen LogP contribution in [0, 0.1) is 0 Å². The molecule has 1 aliphatic rings. The van der Waals surface area contributed by atoms with Crippen LogP contribution >= 0.6 is 0 Å². The molecular formula is C13H17F3N2. The molecule has 1 atom stereocenters. The Morgan fingerprint density at radius 1 is 1.17 bits per heavy atom. The maximum absolute atomic E-state index is 12.8. The first-order chi connectivity index (χ1) is 8.57. The molecule has 1 fully saturated rings. The molecule has 1 heterocycles. The van der Waals surface area contributed by atoms with Crippen molar-refractivity contribution >= 4 is 5.69 Å². The lowest BCUT2D eigenvalue weighted by atomic mass is 10.1. The van der Waals surface area contributed by atoms with E-state index in [4.69, 9.17) is 0 Å². The van der Waals surface area contributed by atoms with Gasteiger partial charge in [0.25, 0.3) is 0 Å². The van der Waals surface area contributed by atoms with Crippen molar-refractivity contribution in [3.8, 4) is 0 Å². The van der Waals surface area contributed by atoms with Crippen LogP contribution in [0.25, 0.3) is 0 Å². The highest BCUT2D eigenvalue weighted by molar-refractivity contribution is 5.53. The molecule has 18 heavy (non-hydrogen) atoms. The van der Waals surface area contributed by atoms with E-state index in [0.717, 1.165) is 31.9 Å². The zero-order valence-electron chi connectivity index (χ0n) is 10.1. The number of benzene rings is 1. The largest absolute Gasteiger partial charge is 0.418 e. The van der Waals surface area contributed by atoms with Gasteiger partial charge in [0.05, 0.1) is 5.56 Å². The van der Waals surface area contributed by atoms with E-state index in [-0.39, 0.29) is 11.7 Å². The fourth-order valence-electron chi connectivity index (χ4n) is 2.22. The van der Waals surface area contributed by atoms with Crippen LogP contribution in [0.4, 0.5) is 18.9 Å². The Hall–Kier alpha value is -1.23. The Morgan fingerprint density at radius 3 is 2.72 bits per heavy atom. The van der Waals surface area contributed by atoms with E-state index in [2.05, 4.69) is 10.6 Å². The lowest BCUT2D eigenvalue weighted by molar-refractivity contribution is -0.137. The summed E-state index contributed by atoms with van der Waals surface area (Å²) in [6, 6.07) is 5.72. The van der Waals surface area contributed by atoms with Gasteiger partial charge in [-0.1, -0.05) is 18.6 Å². The summed E-state index contributed by atoms with van der Waals surface area (Å²) in [7, 11) is 0. The van der Waals surface area contributed by atoms with Crippen LogP contribution in [0.15, 0.2) is 24.3 Å². The van der Waals surface area contributed by atoms with Crippen LogP contribution in [0.1, 0.15) is 24.8 Å². The fraction of sp³-hybridized carbons (Fsp3) is 0.538. The highest BCUT2D eigenvalue weighted by Gasteiger charge is 2.33. The smallest absolute Gasteiger partial charge is 0.381 e. The second kappa shape index (κ2) is 5.61. The first-order valence-corrected chi connectivity index (χ1v) is 6.21. The maximum Gasteiger partial charge on any atom is 0.418 e. The highest BCUT2D eigenvalue weighted by Crippen LogP contribution is 2.35. The van der Waals surface area contributed by atoms with E-state index >= 15 is 0 Å². The molecule has 0 spiro atoms. The maximum atomic E-state index is 12.8. The Balaban J connectivity index is 2.13. The number of hydrogen-bond acceptors (Lipinski definition) is 2. The predicted octanol–water partition coefficient (Wildman–Crippen LogP) is 3.26. The summed E-state index contributed by atoms with van der Waals surface area (Å²) in [4.78, 5) is 0. The molecule has 1 aromatic carbocycles. The first kappa shape index (κ1) is 13.2. The molecule has 2 nitrogen and oxygen atoms in total. The van der Waals surface area contributed by atoms with E-state index in [1.165, 1.54) is 12.1 Å². The van der Waals surface area contributed by atoms with Gasteiger partial charge in [-0.25, -0.2) is 0 Å². The van der Waals surface area contributed by atoms with Crippen molar-refractivity contribution in [1.29, 1.82) is 0 Å². The zero-order chi connectivity index (χ0) is 13.0. The Labute approximate surface area is 105 Å². The summed E-state index contributed by atoms with van der Waals surface area (Å²) < 4.78 is 38.5. The lowest BCUT2D eigenvalue weighted by Gasteiger charge is -2.21. The molecule has 5 heteroatoms. The van der Waals surface area contributed by atoms with Crippen LogP contribution in [-0.4, -0.2) is 19.1 Å². The van der Waals surface area contributed by atoms with Gasteiger partial charge in [0, 0.05) is 18.3 Å². The standard InChI is InChI=1S/C13H17F3N2/c14-13(15,16)11-6-1-2-7-12(11)18-10-5-3-4-8-17-9-10/h1-2,6-7,10,17-18H,3-5,8-9H2. The Bertz CT molecular complexity index is 382. The number of nitrogens with one attached hydrogen (secondary N) is 2. The predicted molar refractivity (Wildman–Crippen MR) is 65.6 cm³/mol. The Kier molecular flexibility index (Phi) is 4.11. The normalized spacial score (nSPS) is 21.4. The molecule has 100 valence electrons. The molecule has 1 unspecified atom stereocenters. The van der Waals surface area contributed by atoms with Crippen molar-refractivity contribution < 1.29 is 13.2 Å². The van der Waals surface area contributed by atoms with Crippen LogP contribution in [0.3, 0.4) is 0 Å². The van der Waals surface area contributed by atoms with E-state index in [9.17, 15) is 13.2 Å². The third-order valence-electron chi connectivity index (χ3n) is 3.14. The lowest BCUT2D eigenvalue weighted by Crippen LogP contribution is -2.31. The van der Waals surface area contributed by atoms with Crippen molar-refractivity contribution in [3.63, 3.8) is 0 Å². The molecule has 0 radical (unpaired) electrons. The van der Waals surface area contributed by atoms with Crippen molar-refractivity contribution in [2.75, 3.05) is 18.4 Å². The summed E-state index contributed by atoms with van der Waals surface area (Å²) in [6.45, 7) is 1.66. The number of hydrogen-bond donors (Lipinski definition) is 2. The topological polar surface area (TPSA) is 24.1 Å². The summed E-state index contributed by atoms with van der Waals surface area (Å²) in [5.41, 5.74) is -0.409. The molecule has 1 aromatic rings. The van der Waals surface area contributed by atoms with Crippen molar-refractivity contribution in [2.24, 2.45) is 0 Å². The third-order valence-corrected chi connectivity index (χ3v) is 3.14. The van der Waals surface area contributed by atoms with Gasteiger partial charge in [-0.05, 0) is 31.5 Å². The zero-order valence-corrected chi connectivity index (χ0v) is 10.1. The quantitative estimate of drug-likeness (QED) is 0.850. The van der Waals surface area contributed by atoms with Gasteiger partial charge in [0.15, 0.2) is 0 Å². The van der Waals surface area contributed by atoms with Crippen LogP contribution in [-0.2, 0) is 6.18 Å². The van der Waals surface area contributed by atoms with Crippen molar-refractivity contribution in [3.05, 3.63) is 29.8 Å². The van der Waals surface area contributed by atoms with Crippen LogP contribution in [0.5, 0.6) is 0 Å². The minimum absolute atomic E-state index is 0.0657. The highest BCUT2D eigenvalue weighted by atomic mass is 19.4. The second-order valence-electron chi connectivity index (χ2n) is 4.58. The molecule has 2 rings (SSSR count). The van der Waals surface area contributed by atoms with Crippen molar-refractivity contribution in [1.82, 2.24) is 5.32 Å². The number of para-hydroxylation sites is 1. The molecule has 0 aromatic heterocycles. The van der Waals surface area contributed by atoms with Gasteiger partial charge >= 0.3 is 6.18 Å². The minimum Gasteiger partial charge on any atom is -0.381 e. The van der Waals surface area contributed by atoms with Crippen LogP contribution in [0.2, 0.25) is 0 Å². The third kappa shape index (κ3) is 3.38. The average molecular weight is 258 g/mol. The molecular weight excluding hydrogens is 241 g/mol. The molecule has 0 saturated carbocycles. The molecule has 2 N–H and O–H groups in total. The fourth-order valence-corrected chi connectivity index (χ4v) is 2.22. The van der Waals surface area contributed by atoms with Gasteiger partial charge in [-0.15, -0.1) is 0 Å². The van der Waals surface area contributed by atoms with Crippen molar-refractivity contribution in [2.45, 2.75) is 31.5 Å². The van der Waals surface area contributed by atoms with Gasteiger partial charge in [-0.3, -0.25) is 0 Å². The SMILES string of the molecule is FC(F)(F)c1ccccc1NC1CCCCNC1. The van der Waals surface area contributed by atoms with Gasteiger partial charge < -0.3 is 10.6 Å². The first-order valence-electron chi connectivity index (χ1n) is 6.21. The number of rotatable bonds is 2. The number of alkyl halides is 3. The van der Waals surface area contributed by atoms with E-state index < -0.39 is 11.7 Å². The number of halogens is 3. The summed E-state index contributed by atoms with van der Waals surface area (Å²) >= 11 is 0. The monoisotopic (exact) mass is 258 g/mol. The summed E-state index contributed by atoms with van der Waals surface area (Å²) in [5.74, 6) is 0. The summed E-state index contributed by atoms with van der Waals surface area (Å²) in [6.07, 6.45) is -1.28. The van der Waals surface area contributed by atoms with Crippen LogP contribution < -0.4 is 10.6 Å². The second-order valence-corrected chi connectivity index (χ2v) is 4.58. The van der Waals surface area contributed by atoms with E-state index in [1.54, 1.807) is 6.07 Å². The molecule has 0 aliphatic carbocycles. The average Bonchev–Trinajstić information content (AvgIpc) is 2.57. The van der Waals surface area contributed by atoms with E-state index in [1.807, 2.05) is 0 Å². The van der Waals surface area contributed by atoms with Gasteiger partial charge in [0.1, 0.15) is 0 Å². The molecule has 0 bridgehead atoms. The molecule has 1 aliphatic heterocycles. The van der Waals surface area contributed by atoms with E-state index in [0.29, 0.717) is 6.54 Å². The number of anilines is 1.